The van der Waals surface area contributed by atoms with Gasteiger partial charge >= 0.3 is 0 Å². The van der Waals surface area contributed by atoms with Crippen molar-refractivity contribution in [3.8, 4) is 16.9 Å². The Bertz CT molecular complexity index is 1380. The topological polar surface area (TPSA) is 109 Å². The Balaban J connectivity index is 1.36. The number of fused-ring (bicyclic) bond motifs is 4. The Morgan fingerprint density at radius 3 is 2.53 bits per heavy atom. The highest BCUT2D eigenvalue weighted by atomic mass is 32.2. The van der Waals surface area contributed by atoms with Crippen LogP contribution in [0.25, 0.3) is 11.1 Å². The molecule has 0 unspecified atom stereocenters. The van der Waals surface area contributed by atoms with Gasteiger partial charge in [-0.15, -0.1) is 0 Å². The largest absolute Gasteiger partial charge is 0.479 e. The number of nitrogens with zero attached hydrogens (tertiary/aromatic N) is 4. The van der Waals surface area contributed by atoms with Crippen molar-refractivity contribution in [2.75, 3.05) is 42.7 Å². The van der Waals surface area contributed by atoms with Crippen LogP contribution in [-0.4, -0.2) is 55.8 Å². The van der Waals surface area contributed by atoms with Gasteiger partial charge in [-0.1, -0.05) is 18.6 Å². The van der Waals surface area contributed by atoms with E-state index < -0.39 is 15.4 Å². The monoisotopic (exact) mass is 506 g/mol. The van der Waals surface area contributed by atoms with Crippen molar-refractivity contribution in [2.45, 2.75) is 42.6 Å². The average molecular weight is 507 g/mol. The predicted octanol–water partition coefficient (Wildman–Crippen LogP) is 3.65. The zero-order valence-corrected chi connectivity index (χ0v) is 21.1. The lowest BCUT2D eigenvalue weighted by molar-refractivity contribution is 0.0170. The summed E-state index contributed by atoms with van der Waals surface area (Å²) in [4.78, 5) is 16.6. The lowest BCUT2D eigenvalue weighted by Gasteiger charge is -2.42. The zero-order chi connectivity index (χ0) is 24.8. The SMILES string of the molecule is CS(=O)(=O)c1cccc2c1OC1(CCCCC1)c1nc(Nc3ccc(N4CCNCC4)cn3)ncc1-2. The van der Waals surface area contributed by atoms with E-state index in [-0.39, 0.29) is 4.90 Å². The normalized spacial score (nSPS) is 18.8. The van der Waals surface area contributed by atoms with Crippen molar-refractivity contribution in [3.63, 3.8) is 0 Å². The Labute approximate surface area is 211 Å². The van der Waals surface area contributed by atoms with E-state index in [4.69, 9.17) is 9.72 Å². The van der Waals surface area contributed by atoms with Crippen molar-refractivity contribution in [1.82, 2.24) is 20.3 Å². The first-order valence-electron chi connectivity index (χ1n) is 12.5. The van der Waals surface area contributed by atoms with Crippen LogP contribution in [0.5, 0.6) is 5.75 Å². The maximum atomic E-state index is 12.5. The minimum Gasteiger partial charge on any atom is -0.479 e. The molecule has 0 amide bonds. The van der Waals surface area contributed by atoms with Crippen LogP contribution in [0.2, 0.25) is 0 Å². The standard InChI is InChI=1S/C26H30N6O3S/c1-36(33,34)21-7-5-6-19-20-17-29-25(31-24(20)26(35-23(19)21)10-3-2-4-11-26)30-22-9-8-18(16-28-22)32-14-12-27-13-15-32/h5-9,16-17,27H,2-4,10-15H2,1H3,(H,28,29,30,31). The number of hydrogen-bond acceptors (Lipinski definition) is 9. The molecular weight excluding hydrogens is 476 g/mol. The molecule has 1 aromatic carbocycles. The van der Waals surface area contributed by atoms with Crippen LogP contribution in [0.4, 0.5) is 17.5 Å². The number of hydrogen-bond donors (Lipinski definition) is 2. The molecule has 1 spiro atoms. The molecule has 2 fully saturated rings. The highest BCUT2D eigenvalue weighted by Crippen LogP contribution is 2.52. The van der Waals surface area contributed by atoms with E-state index in [1.54, 1.807) is 18.3 Å². The van der Waals surface area contributed by atoms with Crippen LogP contribution < -0.4 is 20.3 Å². The van der Waals surface area contributed by atoms with E-state index >= 15 is 0 Å². The number of sulfone groups is 1. The summed E-state index contributed by atoms with van der Waals surface area (Å²) in [6, 6.07) is 9.25. The first kappa shape index (κ1) is 23.2. The first-order chi connectivity index (χ1) is 17.4. The second-order valence-electron chi connectivity index (χ2n) is 9.78. The van der Waals surface area contributed by atoms with Gasteiger partial charge in [-0.3, -0.25) is 0 Å². The zero-order valence-electron chi connectivity index (χ0n) is 20.3. The molecule has 3 aromatic rings. The predicted molar refractivity (Wildman–Crippen MR) is 139 cm³/mol. The molecule has 3 aliphatic rings. The van der Waals surface area contributed by atoms with Crippen molar-refractivity contribution in [3.05, 3.63) is 48.4 Å². The molecule has 1 saturated carbocycles. The quantitative estimate of drug-likeness (QED) is 0.548. The van der Waals surface area contributed by atoms with Gasteiger partial charge in [0.25, 0.3) is 0 Å². The molecule has 36 heavy (non-hydrogen) atoms. The number of anilines is 3. The number of rotatable bonds is 4. The fourth-order valence-corrected chi connectivity index (χ4v) is 6.32. The molecule has 188 valence electrons. The van der Waals surface area contributed by atoms with Gasteiger partial charge in [0.2, 0.25) is 5.95 Å². The Morgan fingerprint density at radius 1 is 1.00 bits per heavy atom. The number of nitrogens with one attached hydrogen (secondary N) is 2. The molecule has 1 saturated heterocycles. The summed E-state index contributed by atoms with van der Waals surface area (Å²) in [7, 11) is -3.46. The van der Waals surface area contributed by atoms with Crippen LogP contribution in [0.15, 0.2) is 47.6 Å². The first-order valence-corrected chi connectivity index (χ1v) is 14.4. The number of pyridine rings is 1. The number of aromatic nitrogens is 3. The van der Waals surface area contributed by atoms with Gasteiger partial charge in [-0.2, -0.15) is 0 Å². The summed E-state index contributed by atoms with van der Waals surface area (Å²) in [5.74, 6) is 1.54. The highest BCUT2D eigenvalue weighted by molar-refractivity contribution is 7.90. The summed E-state index contributed by atoms with van der Waals surface area (Å²) in [6.07, 6.45) is 9.57. The molecule has 0 bridgehead atoms. The van der Waals surface area contributed by atoms with Gasteiger partial charge in [0.1, 0.15) is 16.5 Å². The van der Waals surface area contributed by atoms with Crippen molar-refractivity contribution >= 4 is 27.3 Å². The second-order valence-corrected chi connectivity index (χ2v) is 11.8. The van der Waals surface area contributed by atoms with Crippen LogP contribution in [0.3, 0.4) is 0 Å². The summed E-state index contributed by atoms with van der Waals surface area (Å²) in [5.41, 5.74) is 2.79. The average Bonchev–Trinajstić information content (AvgIpc) is 2.90. The molecule has 0 radical (unpaired) electrons. The van der Waals surface area contributed by atoms with Crippen LogP contribution in [0.1, 0.15) is 37.8 Å². The summed E-state index contributed by atoms with van der Waals surface area (Å²) in [5, 5.41) is 6.61. The molecule has 10 heteroatoms. The third-order valence-electron chi connectivity index (χ3n) is 7.32. The highest BCUT2D eigenvalue weighted by Gasteiger charge is 2.45. The van der Waals surface area contributed by atoms with Crippen molar-refractivity contribution in [2.24, 2.45) is 0 Å². The van der Waals surface area contributed by atoms with Crippen molar-refractivity contribution < 1.29 is 13.2 Å². The Hall–Kier alpha value is -3.24. The minimum atomic E-state index is -3.46. The molecule has 9 nitrogen and oxygen atoms in total. The molecule has 6 rings (SSSR count). The Kier molecular flexibility index (Phi) is 5.80. The van der Waals surface area contributed by atoms with Gasteiger partial charge in [0.15, 0.2) is 15.4 Å². The van der Waals surface area contributed by atoms with E-state index in [9.17, 15) is 8.42 Å². The Morgan fingerprint density at radius 2 is 1.81 bits per heavy atom. The number of para-hydroxylation sites is 1. The molecule has 2 aliphatic heterocycles. The minimum absolute atomic E-state index is 0.214. The third kappa shape index (κ3) is 4.18. The maximum Gasteiger partial charge on any atom is 0.228 e. The fraction of sp³-hybridized carbons (Fsp3) is 0.423. The molecule has 2 N–H and O–H groups in total. The summed E-state index contributed by atoms with van der Waals surface area (Å²) in [6.45, 7) is 3.88. The van der Waals surface area contributed by atoms with Gasteiger partial charge < -0.3 is 20.3 Å². The van der Waals surface area contributed by atoms with E-state index in [1.807, 2.05) is 18.3 Å². The molecular formula is C26H30N6O3S. The number of ether oxygens (including phenoxy) is 1. The summed E-state index contributed by atoms with van der Waals surface area (Å²) >= 11 is 0. The van der Waals surface area contributed by atoms with Gasteiger partial charge in [0.05, 0.1) is 17.6 Å². The van der Waals surface area contributed by atoms with Crippen molar-refractivity contribution in [1.29, 1.82) is 0 Å². The second kappa shape index (κ2) is 9.01. The van der Waals surface area contributed by atoms with Crippen LogP contribution in [0, 0.1) is 0 Å². The summed E-state index contributed by atoms with van der Waals surface area (Å²) < 4.78 is 31.7. The molecule has 2 aromatic heterocycles. The molecule has 4 heterocycles. The van der Waals surface area contributed by atoms with E-state index in [1.165, 1.54) is 6.26 Å². The maximum absolute atomic E-state index is 12.5. The fourth-order valence-electron chi connectivity index (χ4n) is 5.50. The number of piperazine rings is 1. The third-order valence-corrected chi connectivity index (χ3v) is 8.44. The van der Waals surface area contributed by atoms with Gasteiger partial charge in [0, 0.05) is 49.8 Å². The van der Waals surface area contributed by atoms with E-state index in [0.717, 1.165) is 75.2 Å². The van der Waals surface area contributed by atoms with E-state index in [0.29, 0.717) is 23.1 Å². The number of benzene rings is 1. The smallest absolute Gasteiger partial charge is 0.228 e. The van der Waals surface area contributed by atoms with E-state index in [2.05, 4.69) is 31.6 Å². The van der Waals surface area contributed by atoms with Gasteiger partial charge in [-0.25, -0.2) is 23.4 Å². The molecule has 0 atom stereocenters. The molecule has 1 aliphatic carbocycles. The lowest BCUT2D eigenvalue weighted by atomic mass is 9.78. The lowest BCUT2D eigenvalue weighted by Crippen LogP contribution is -2.43. The van der Waals surface area contributed by atoms with Gasteiger partial charge in [-0.05, 0) is 43.9 Å². The van der Waals surface area contributed by atoms with Crippen LogP contribution in [-0.2, 0) is 15.4 Å². The van der Waals surface area contributed by atoms with Crippen LogP contribution >= 0.6 is 0 Å².